The second kappa shape index (κ2) is 20.1. The summed E-state index contributed by atoms with van der Waals surface area (Å²) in [6, 6.07) is 12.6. The number of nitrogens with one attached hydrogen (secondary N) is 4. The fourth-order valence-electron chi connectivity index (χ4n) is 6.10. The van der Waals surface area contributed by atoms with Crippen molar-refractivity contribution in [3.05, 3.63) is 59.7 Å². The Labute approximate surface area is 313 Å². The van der Waals surface area contributed by atoms with E-state index in [1.807, 2.05) is 0 Å². The van der Waals surface area contributed by atoms with E-state index >= 15 is 0 Å². The Morgan fingerprint density at radius 2 is 0.963 bits per heavy atom. The van der Waals surface area contributed by atoms with Crippen LogP contribution in [0.1, 0.15) is 62.5 Å². The number of rotatable bonds is 17. The summed E-state index contributed by atoms with van der Waals surface area (Å²) in [5.74, 6) is -2.01. The first-order valence-electron chi connectivity index (χ1n) is 17.9. The predicted molar refractivity (Wildman–Crippen MR) is 201 cm³/mol. The maximum atomic E-state index is 13.0. The Bertz CT molecular complexity index is 1580. The summed E-state index contributed by atoms with van der Waals surface area (Å²) >= 11 is 0. The molecule has 18 nitrogen and oxygen atoms in total. The summed E-state index contributed by atoms with van der Waals surface area (Å²) in [4.78, 5) is 87.3. The lowest BCUT2D eigenvalue weighted by atomic mass is 10.0. The number of hydrogen-bond donors (Lipinski definition) is 8. The number of carbonyl (C=O) groups is 6. The number of amides is 6. The van der Waals surface area contributed by atoms with Crippen LogP contribution in [0.5, 0.6) is 0 Å². The molecule has 0 radical (unpaired) electrons. The second-order valence-corrected chi connectivity index (χ2v) is 13.2. The van der Waals surface area contributed by atoms with Gasteiger partial charge in [0.2, 0.25) is 35.4 Å². The molecular formula is C36H50N12O6. The molecule has 2 aliphatic heterocycles. The molecule has 2 unspecified atom stereocenters. The number of unbranched alkanes of at least 4 members (excludes halogenated alkanes) is 1. The molecule has 54 heavy (non-hydrogen) atoms. The van der Waals surface area contributed by atoms with Gasteiger partial charge in [0, 0.05) is 39.0 Å². The van der Waals surface area contributed by atoms with Gasteiger partial charge in [-0.15, -0.1) is 0 Å². The number of nitrogens with two attached hydrogens (primary N) is 4. The summed E-state index contributed by atoms with van der Waals surface area (Å²) in [5.41, 5.74) is 24.4. The molecule has 0 aliphatic carbocycles. The zero-order valence-corrected chi connectivity index (χ0v) is 30.2. The van der Waals surface area contributed by atoms with Gasteiger partial charge in [0.15, 0.2) is 11.9 Å². The molecule has 0 aromatic heterocycles. The molecule has 0 bridgehead atoms. The largest absolute Gasteiger partial charge is 0.370 e. The minimum absolute atomic E-state index is 0.0519. The highest BCUT2D eigenvalue weighted by atomic mass is 16.2. The molecule has 2 heterocycles. The normalized spacial score (nSPS) is 16.9. The van der Waals surface area contributed by atoms with E-state index in [9.17, 15) is 28.8 Å². The lowest BCUT2D eigenvalue weighted by Gasteiger charge is -2.32. The van der Waals surface area contributed by atoms with Gasteiger partial charge in [-0.25, -0.2) is 9.98 Å². The molecular weight excluding hydrogens is 696 g/mol. The number of likely N-dealkylation sites (tertiary alicyclic amines) is 2. The Balaban J connectivity index is 1.10. The molecule has 2 aromatic rings. The van der Waals surface area contributed by atoms with Crippen LogP contribution in [0.2, 0.25) is 0 Å². The van der Waals surface area contributed by atoms with Crippen molar-refractivity contribution in [1.29, 1.82) is 0 Å². The number of hydrogen-bond acceptors (Lipinski definition) is 8. The minimum Gasteiger partial charge on any atom is -0.370 e. The van der Waals surface area contributed by atoms with Gasteiger partial charge < -0.3 is 54.0 Å². The highest BCUT2D eigenvalue weighted by Gasteiger charge is 2.32. The monoisotopic (exact) mass is 746 g/mol. The molecule has 2 aromatic carbocycles. The summed E-state index contributed by atoms with van der Waals surface area (Å²) in [6.07, 6.45) is 3.25. The summed E-state index contributed by atoms with van der Waals surface area (Å²) in [6.45, 7) is 1.09. The molecule has 0 saturated carbocycles. The fourth-order valence-corrected chi connectivity index (χ4v) is 6.10. The third-order valence-electron chi connectivity index (χ3n) is 8.83. The van der Waals surface area contributed by atoms with Crippen molar-refractivity contribution in [2.75, 3.05) is 26.2 Å². The Hall–Kier alpha value is -6.20. The predicted octanol–water partition coefficient (Wildman–Crippen LogP) is -0.796. The molecule has 2 atom stereocenters. The summed E-state index contributed by atoms with van der Waals surface area (Å²) < 4.78 is 0. The molecule has 2 aliphatic rings. The van der Waals surface area contributed by atoms with Crippen LogP contribution in [0.25, 0.3) is 0 Å². The quantitative estimate of drug-likeness (QED) is 0.0567. The van der Waals surface area contributed by atoms with Crippen molar-refractivity contribution >= 4 is 58.7 Å². The van der Waals surface area contributed by atoms with Crippen LogP contribution in [0.15, 0.2) is 58.5 Å². The zero-order chi connectivity index (χ0) is 39.0. The van der Waals surface area contributed by atoms with Gasteiger partial charge in [-0.3, -0.25) is 28.8 Å². The van der Waals surface area contributed by atoms with Gasteiger partial charge >= 0.3 is 0 Å². The second-order valence-electron chi connectivity index (χ2n) is 13.2. The number of aliphatic imine (C=N–C) groups is 2. The molecule has 12 N–H and O–H groups in total. The minimum atomic E-state index is -0.726. The number of carbonyl (C=O) groups excluding carboxylic acids is 6. The van der Waals surface area contributed by atoms with Crippen LogP contribution in [0, 0.1) is 0 Å². The van der Waals surface area contributed by atoms with Gasteiger partial charge in [-0.1, -0.05) is 24.3 Å². The van der Waals surface area contributed by atoms with E-state index in [-0.39, 0.29) is 86.4 Å². The Kier molecular flexibility index (Phi) is 15.1. The first-order chi connectivity index (χ1) is 25.9. The van der Waals surface area contributed by atoms with Crippen molar-refractivity contribution in [1.82, 2.24) is 31.1 Å². The third-order valence-corrected chi connectivity index (χ3v) is 8.83. The molecule has 290 valence electrons. The van der Waals surface area contributed by atoms with Crippen LogP contribution < -0.4 is 44.2 Å². The average molecular weight is 747 g/mol. The van der Waals surface area contributed by atoms with Gasteiger partial charge in [0.05, 0.1) is 24.5 Å². The van der Waals surface area contributed by atoms with Crippen molar-refractivity contribution in [2.24, 2.45) is 32.9 Å². The maximum absolute atomic E-state index is 13.0. The standard InChI is InChI=1S/C36H50N12O6/c37-35(38)43-25-13-9-23(10-14-25)19-41-31(51)21-47-17-3-5-27(33(47)53)45-29(49)7-1-2-8-30(50)46-28-6-4-18-48(34(28)54)22-32(52)42-20-24-11-15-26(16-12-24)44-36(39)40/h9-16,27-28H,1-8,17-22H2,(H,41,51)(H,42,52)(H,45,49)(H,46,50)(H4,37,38,43)(H4,39,40,44). The first kappa shape index (κ1) is 40.6. The third kappa shape index (κ3) is 13.4. The van der Waals surface area contributed by atoms with E-state index in [0.29, 0.717) is 63.0 Å². The molecule has 0 spiro atoms. The molecule has 18 heteroatoms. The van der Waals surface area contributed by atoms with Gasteiger partial charge in [0.1, 0.15) is 12.1 Å². The van der Waals surface area contributed by atoms with E-state index in [2.05, 4.69) is 31.3 Å². The van der Waals surface area contributed by atoms with Crippen molar-refractivity contribution < 1.29 is 28.8 Å². The number of benzene rings is 2. The Morgan fingerprint density at radius 3 is 1.31 bits per heavy atom. The summed E-state index contributed by atoms with van der Waals surface area (Å²) in [5, 5.41) is 11.1. The molecule has 6 amide bonds. The summed E-state index contributed by atoms with van der Waals surface area (Å²) in [7, 11) is 0. The molecule has 2 saturated heterocycles. The zero-order valence-electron chi connectivity index (χ0n) is 30.2. The van der Waals surface area contributed by atoms with Crippen LogP contribution in [-0.2, 0) is 41.9 Å². The van der Waals surface area contributed by atoms with Gasteiger partial charge in [-0.05, 0) is 73.9 Å². The number of guanidine groups is 2. The van der Waals surface area contributed by atoms with Gasteiger partial charge in [-0.2, -0.15) is 0 Å². The first-order valence-corrected chi connectivity index (χ1v) is 17.9. The fraction of sp³-hybridized carbons (Fsp3) is 0.444. The van der Waals surface area contributed by atoms with Crippen molar-refractivity contribution in [3.63, 3.8) is 0 Å². The van der Waals surface area contributed by atoms with Crippen LogP contribution >= 0.6 is 0 Å². The van der Waals surface area contributed by atoms with Crippen LogP contribution in [0.3, 0.4) is 0 Å². The average Bonchev–Trinajstić information content (AvgIpc) is 3.12. The lowest BCUT2D eigenvalue weighted by Crippen LogP contribution is -2.54. The van der Waals surface area contributed by atoms with E-state index in [1.165, 1.54) is 9.80 Å². The maximum Gasteiger partial charge on any atom is 0.245 e. The molecule has 4 rings (SSSR count). The van der Waals surface area contributed by atoms with E-state index in [0.717, 1.165) is 11.1 Å². The van der Waals surface area contributed by atoms with Crippen LogP contribution in [0.4, 0.5) is 11.4 Å². The number of piperidine rings is 2. The topological polar surface area (TPSA) is 286 Å². The lowest BCUT2D eigenvalue weighted by molar-refractivity contribution is -0.142. The SMILES string of the molecule is NC(N)=Nc1ccc(CNC(=O)CN2CCCC(NC(=O)CCCCC(=O)NC3CCCN(CC(=O)NCc4ccc(N=C(N)N)cc4)C3=O)C2=O)cc1. The smallest absolute Gasteiger partial charge is 0.245 e. The van der Waals surface area contributed by atoms with Crippen LogP contribution in [-0.4, -0.2) is 95.4 Å². The highest BCUT2D eigenvalue weighted by Crippen LogP contribution is 2.16. The van der Waals surface area contributed by atoms with Crippen molar-refractivity contribution in [3.8, 4) is 0 Å². The van der Waals surface area contributed by atoms with E-state index in [1.54, 1.807) is 48.5 Å². The Morgan fingerprint density at radius 1 is 0.593 bits per heavy atom. The number of nitrogens with zero attached hydrogens (tertiary/aromatic N) is 4. The highest BCUT2D eigenvalue weighted by molar-refractivity contribution is 5.92. The van der Waals surface area contributed by atoms with E-state index in [4.69, 9.17) is 22.9 Å². The van der Waals surface area contributed by atoms with Crippen molar-refractivity contribution in [2.45, 2.75) is 76.5 Å². The molecule has 2 fully saturated rings. The van der Waals surface area contributed by atoms with E-state index < -0.39 is 12.1 Å². The van der Waals surface area contributed by atoms with Gasteiger partial charge in [0.25, 0.3) is 0 Å².